The molecule has 0 atom stereocenters. The van der Waals surface area contributed by atoms with Crippen molar-refractivity contribution >= 4 is 11.8 Å². The normalized spacial score (nSPS) is 11.1. The number of hydrogen-bond acceptors (Lipinski definition) is 3. The molecule has 0 saturated heterocycles. The molecule has 5 nitrogen and oxygen atoms in total. The van der Waals surface area contributed by atoms with Crippen LogP contribution in [-0.4, -0.2) is 29.0 Å². The zero-order valence-electron chi connectivity index (χ0n) is 20.5. The highest BCUT2D eigenvalue weighted by Crippen LogP contribution is 2.19. The highest BCUT2D eigenvalue weighted by molar-refractivity contribution is 5.99. The second-order valence-electron chi connectivity index (χ2n) is 9.26. The molecule has 0 aromatic heterocycles. The van der Waals surface area contributed by atoms with E-state index >= 15 is 0 Å². The van der Waals surface area contributed by atoms with E-state index < -0.39 is 5.54 Å². The van der Waals surface area contributed by atoms with Crippen LogP contribution in [0, 0.1) is 0 Å². The number of ether oxygens (including phenoxy) is 1. The van der Waals surface area contributed by atoms with E-state index in [0.29, 0.717) is 23.5 Å². The lowest BCUT2D eigenvalue weighted by Gasteiger charge is -2.35. The standard InChI is InChI=1S/C29H34N2O3/c1-5-22-13-15-24(16-14-22)27(32)30-31(29(2,3)4)28(33)25-17-19-26(20-18-25)34-21-9-12-23-10-7-6-8-11-23/h6-8,10-11,13-20H,5,9,12,21H2,1-4H3,(H,30,32). The maximum atomic E-state index is 13.3. The van der Waals surface area contributed by atoms with Crippen molar-refractivity contribution in [3.63, 3.8) is 0 Å². The molecule has 5 heteroatoms. The summed E-state index contributed by atoms with van der Waals surface area (Å²) in [6.07, 6.45) is 2.77. The van der Waals surface area contributed by atoms with Gasteiger partial charge < -0.3 is 4.74 Å². The van der Waals surface area contributed by atoms with E-state index in [2.05, 4.69) is 24.5 Å². The van der Waals surface area contributed by atoms with Crippen LogP contribution in [0.2, 0.25) is 0 Å². The molecule has 0 aliphatic heterocycles. The topological polar surface area (TPSA) is 58.6 Å². The summed E-state index contributed by atoms with van der Waals surface area (Å²) in [6, 6.07) is 24.8. The predicted octanol–water partition coefficient (Wildman–Crippen LogP) is 5.85. The SMILES string of the molecule is CCc1ccc(C(=O)NN(C(=O)c2ccc(OCCCc3ccccc3)cc2)C(C)(C)C)cc1. The lowest BCUT2D eigenvalue weighted by atomic mass is 10.1. The Morgan fingerprint density at radius 2 is 1.44 bits per heavy atom. The van der Waals surface area contributed by atoms with Crippen molar-refractivity contribution in [1.82, 2.24) is 10.4 Å². The molecule has 0 fully saturated rings. The Bertz CT molecular complexity index is 1070. The predicted molar refractivity (Wildman–Crippen MR) is 136 cm³/mol. The van der Waals surface area contributed by atoms with Crippen molar-refractivity contribution in [2.75, 3.05) is 6.61 Å². The third kappa shape index (κ3) is 6.95. The van der Waals surface area contributed by atoms with Crippen LogP contribution < -0.4 is 10.2 Å². The number of benzene rings is 3. The van der Waals surface area contributed by atoms with Gasteiger partial charge in [0, 0.05) is 11.1 Å². The molecule has 0 aliphatic rings. The van der Waals surface area contributed by atoms with Crippen molar-refractivity contribution < 1.29 is 14.3 Å². The van der Waals surface area contributed by atoms with Gasteiger partial charge in [0.25, 0.3) is 11.8 Å². The van der Waals surface area contributed by atoms with Gasteiger partial charge in [-0.2, -0.15) is 0 Å². The van der Waals surface area contributed by atoms with Crippen LogP contribution in [0.3, 0.4) is 0 Å². The van der Waals surface area contributed by atoms with Crippen LogP contribution in [-0.2, 0) is 12.8 Å². The molecule has 2 amide bonds. The van der Waals surface area contributed by atoms with E-state index in [1.807, 2.05) is 51.1 Å². The lowest BCUT2D eigenvalue weighted by molar-refractivity contribution is 0.0358. The van der Waals surface area contributed by atoms with E-state index in [1.165, 1.54) is 10.6 Å². The zero-order chi connectivity index (χ0) is 24.6. The Labute approximate surface area is 202 Å². The fourth-order valence-corrected chi connectivity index (χ4v) is 3.51. The van der Waals surface area contributed by atoms with E-state index in [-0.39, 0.29) is 11.8 Å². The maximum absolute atomic E-state index is 13.3. The minimum Gasteiger partial charge on any atom is -0.494 e. The molecule has 0 spiro atoms. The molecule has 3 aromatic rings. The Morgan fingerprint density at radius 1 is 0.824 bits per heavy atom. The summed E-state index contributed by atoms with van der Waals surface area (Å²) < 4.78 is 5.84. The molecule has 3 rings (SSSR count). The van der Waals surface area contributed by atoms with Gasteiger partial charge >= 0.3 is 0 Å². The highest BCUT2D eigenvalue weighted by Gasteiger charge is 2.29. The molecule has 3 aromatic carbocycles. The quantitative estimate of drug-likeness (QED) is 0.340. The van der Waals surface area contributed by atoms with Crippen molar-refractivity contribution in [3.05, 3.63) is 101 Å². The Kier molecular flexibility index (Phi) is 8.47. The summed E-state index contributed by atoms with van der Waals surface area (Å²) >= 11 is 0. The largest absolute Gasteiger partial charge is 0.494 e. The molecule has 178 valence electrons. The van der Waals surface area contributed by atoms with E-state index in [1.54, 1.807) is 36.4 Å². The van der Waals surface area contributed by atoms with Crippen LogP contribution in [0.25, 0.3) is 0 Å². The highest BCUT2D eigenvalue weighted by atomic mass is 16.5. The molecular formula is C29H34N2O3. The maximum Gasteiger partial charge on any atom is 0.272 e. The minimum atomic E-state index is -0.608. The first-order chi connectivity index (χ1) is 16.3. The second-order valence-corrected chi connectivity index (χ2v) is 9.26. The smallest absolute Gasteiger partial charge is 0.272 e. The van der Waals surface area contributed by atoms with Gasteiger partial charge in [-0.05, 0) is 87.6 Å². The number of hydrogen-bond donors (Lipinski definition) is 1. The third-order valence-electron chi connectivity index (χ3n) is 5.53. The molecule has 34 heavy (non-hydrogen) atoms. The average molecular weight is 459 g/mol. The van der Waals surface area contributed by atoms with Gasteiger partial charge in [0.15, 0.2) is 0 Å². The van der Waals surface area contributed by atoms with Gasteiger partial charge in [-0.15, -0.1) is 0 Å². The second kappa shape index (κ2) is 11.5. The molecule has 0 radical (unpaired) electrons. The van der Waals surface area contributed by atoms with Crippen LogP contribution in [0.15, 0.2) is 78.9 Å². The molecule has 0 heterocycles. The molecule has 0 bridgehead atoms. The van der Waals surface area contributed by atoms with E-state index in [0.717, 1.165) is 24.8 Å². The molecular weight excluding hydrogens is 424 g/mol. The van der Waals surface area contributed by atoms with Crippen molar-refractivity contribution in [2.45, 2.75) is 52.5 Å². The van der Waals surface area contributed by atoms with Crippen LogP contribution in [0.1, 0.15) is 66.0 Å². The first-order valence-electron chi connectivity index (χ1n) is 11.8. The molecule has 0 aliphatic carbocycles. The third-order valence-corrected chi connectivity index (χ3v) is 5.53. The van der Waals surface area contributed by atoms with Gasteiger partial charge in [0.05, 0.1) is 12.1 Å². The minimum absolute atomic E-state index is 0.276. The van der Waals surface area contributed by atoms with E-state index in [4.69, 9.17) is 4.74 Å². The first-order valence-corrected chi connectivity index (χ1v) is 11.8. The molecule has 1 N–H and O–H groups in total. The number of rotatable bonds is 8. The average Bonchev–Trinajstić information content (AvgIpc) is 2.85. The summed E-state index contributed by atoms with van der Waals surface area (Å²) in [5, 5.41) is 1.39. The van der Waals surface area contributed by atoms with Crippen LogP contribution in [0.5, 0.6) is 5.75 Å². The number of carbonyl (C=O) groups is 2. The molecule has 0 saturated carbocycles. The Balaban J connectivity index is 1.60. The number of carbonyl (C=O) groups excluding carboxylic acids is 2. The van der Waals surface area contributed by atoms with Crippen LogP contribution in [0.4, 0.5) is 0 Å². The van der Waals surface area contributed by atoms with Crippen LogP contribution >= 0.6 is 0 Å². The Morgan fingerprint density at radius 3 is 2.03 bits per heavy atom. The monoisotopic (exact) mass is 458 g/mol. The number of amides is 2. The van der Waals surface area contributed by atoms with Gasteiger partial charge in [-0.25, -0.2) is 5.01 Å². The fourth-order valence-electron chi connectivity index (χ4n) is 3.51. The summed E-state index contributed by atoms with van der Waals surface area (Å²) in [5.41, 5.74) is 5.62. The number of hydrazine groups is 1. The van der Waals surface area contributed by atoms with Gasteiger partial charge in [0.1, 0.15) is 5.75 Å². The number of nitrogens with zero attached hydrogens (tertiary/aromatic N) is 1. The van der Waals surface area contributed by atoms with Gasteiger partial charge in [0.2, 0.25) is 0 Å². The van der Waals surface area contributed by atoms with E-state index in [9.17, 15) is 9.59 Å². The lowest BCUT2D eigenvalue weighted by Crippen LogP contribution is -2.55. The van der Waals surface area contributed by atoms with Crippen molar-refractivity contribution in [1.29, 1.82) is 0 Å². The summed E-state index contributed by atoms with van der Waals surface area (Å²) in [6.45, 7) is 8.32. The van der Waals surface area contributed by atoms with Crippen molar-refractivity contribution in [3.8, 4) is 5.75 Å². The summed E-state index contributed by atoms with van der Waals surface area (Å²) in [5.74, 6) is 0.123. The first kappa shape index (κ1) is 25.0. The Hall–Kier alpha value is -3.60. The zero-order valence-corrected chi connectivity index (χ0v) is 20.5. The van der Waals surface area contributed by atoms with Gasteiger partial charge in [-0.3, -0.25) is 15.0 Å². The number of nitrogens with one attached hydrogen (secondary N) is 1. The molecule has 0 unspecified atom stereocenters. The summed E-state index contributed by atoms with van der Waals surface area (Å²) in [7, 11) is 0. The van der Waals surface area contributed by atoms with Crippen molar-refractivity contribution in [2.24, 2.45) is 0 Å². The number of aryl methyl sites for hydroxylation is 2. The fraction of sp³-hybridized carbons (Fsp3) is 0.310. The summed E-state index contributed by atoms with van der Waals surface area (Å²) in [4.78, 5) is 26.1. The van der Waals surface area contributed by atoms with Gasteiger partial charge in [-0.1, -0.05) is 49.4 Å².